The first kappa shape index (κ1) is 14.8. The Kier molecular flexibility index (Phi) is 5.92. The maximum atomic E-state index is 10.6. The molecule has 1 aromatic rings. The van der Waals surface area contributed by atoms with Gasteiger partial charge in [-0.05, 0) is 18.9 Å². The van der Waals surface area contributed by atoms with Crippen LogP contribution in [0.25, 0.3) is 0 Å². The van der Waals surface area contributed by atoms with E-state index in [1.165, 1.54) is 12.1 Å². The molecule has 0 amide bonds. The predicted molar refractivity (Wildman–Crippen MR) is 75.3 cm³/mol. The Balaban J connectivity index is 2.74. The molecule has 5 heteroatoms. The van der Waals surface area contributed by atoms with Crippen molar-refractivity contribution in [1.29, 1.82) is 0 Å². The minimum absolute atomic E-state index is 0.0205. The first-order valence-corrected chi connectivity index (χ1v) is 6.66. The molecule has 0 aliphatic heterocycles. The van der Waals surface area contributed by atoms with E-state index in [-0.39, 0.29) is 5.69 Å². The number of hydrogen-bond acceptors (Lipinski definition) is 3. The predicted octanol–water partition coefficient (Wildman–Crippen LogP) is 4.63. The lowest BCUT2D eigenvalue weighted by Gasteiger charge is -2.18. The van der Waals surface area contributed by atoms with Crippen LogP contribution in [0.3, 0.4) is 0 Å². The summed E-state index contributed by atoms with van der Waals surface area (Å²) in [6.45, 7) is 4.28. The number of nitrogens with zero attached hydrogens (tertiary/aromatic N) is 1. The van der Waals surface area contributed by atoms with E-state index in [0.717, 1.165) is 31.4 Å². The molecule has 0 fully saturated rings. The van der Waals surface area contributed by atoms with Crippen LogP contribution in [-0.4, -0.2) is 11.0 Å². The number of unbranched alkanes of at least 4 members (excludes halogenated alkanes) is 1. The van der Waals surface area contributed by atoms with E-state index >= 15 is 0 Å². The van der Waals surface area contributed by atoms with Crippen LogP contribution in [0.15, 0.2) is 18.2 Å². The molecule has 0 aliphatic rings. The molecule has 0 bridgehead atoms. The molecule has 0 saturated carbocycles. The summed E-state index contributed by atoms with van der Waals surface area (Å²) in [5, 5.41) is 14.4. The minimum atomic E-state index is -0.440. The van der Waals surface area contributed by atoms with Gasteiger partial charge in [0, 0.05) is 18.2 Å². The van der Waals surface area contributed by atoms with Gasteiger partial charge in [-0.25, -0.2) is 0 Å². The van der Waals surface area contributed by atoms with Crippen molar-refractivity contribution in [1.82, 2.24) is 0 Å². The van der Waals surface area contributed by atoms with Crippen molar-refractivity contribution in [3.8, 4) is 0 Å². The third-order valence-electron chi connectivity index (χ3n) is 2.92. The fourth-order valence-electron chi connectivity index (χ4n) is 1.78. The molecule has 1 aromatic carbocycles. The van der Waals surface area contributed by atoms with E-state index in [2.05, 4.69) is 19.2 Å². The second-order valence-electron chi connectivity index (χ2n) is 4.31. The molecule has 0 radical (unpaired) electrons. The van der Waals surface area contributed by atoms with Crippen molar-refractivity contribution in [3.63, 3.8) is 0 Å². The molecule has 0 aromatic heterocycles. The molecule has 0 aliphatic carbocycles. The van der Waals surface area contributed by atoms with E-state index in [1.807, 2.05) is 0 Å². The maximum absolute atomic E-state index is 10.6. The van der Waals surface area contributed by atoms with Gasteiger partial charge in [0.15, 0.2) is 0 Å². The van der Waals surface area contributed by atoms with Crippen LogP contribution in [0, 0.1) is 10.1 Å². The summed E-state index contributed by atoms with van der Waals surface area (Å²) in [5.41, 5.74) is 0.789. The second kappa shape index (κ2) is 7.21. The highest BCUT2D eigenvalue weighted by Crippen LogP contribution is 2.28. The lowest BCUT2D eigenvalue weighted by atomic mass is 10.1. The molecule has 4 nitrogen and oxygen atoms in total. The van der Waals surface area contributed by atoms with Gasteiger partial charge in [0.25, 0.3) is 5.69 Å². The third-order valence-corrected chi connectivity index (χ3v) is 3.23. The van der Waals surface area contributed by atoms with Gasteiger partial charge in [0.1, 0.15) is 0 Å². The molecule has 100 valence electrons. The van der Waals surface area contributed by atoms with Crippen LogP contribution >= 0.6 is 11.6 Å². The van der Waals surface area contributed by atoms with Gasteiger partial charge >= 0.3 is 0 Å². The standard InChI is InChI=1S/C13H19ClN2O2/c1-3-5-6-10(4-2)15-13-8-7-11(16(17)18)9-12(13)14/h7-10,15H,3-6H2,1-2H3. The lowest BCUT2D eigenvalue weighted by molar-refractivity contribution is -0.384. The highest BCUT2D eigenvalue weighted by atomic mass is 35.5. The summed E-state index contributed by atoms with van der Waals surface area (Å²) in [5.74, 6) is 0. The Morgan fingerprint density at radius 3 is 2.67 bits per heavy atom. The summed E-state index contributed by atoms with van der Waals surface area (Å²) in [4.78, 5) is 10.2. The van der Waals surface area contributed by atoms with Crippen molar-refractivity contribution >= 4 is 23.0 Å². The van der Waals surface area contributed by atoms with Crippen LogP contribution in [0.5, 0.6) is 0 Å². The highest BCUT2D eigenvalue weighted by Gasteiger charge is 2.12. The van der Waals surface area contributed by atoms with Gasteiger partial charge in [0.05, 0.1) is 15.6 Å². The summed E-state index contributed by atoms with van der Waals surface area (Å²) in [6, 6.07) is 4.90. The normalized spacial score (nSPS) is 12.2. The number of benzene rings is 1. The largest absolute Gasteiger partial charge is 0.381 e. The summed E-state index contributed by atoms with van der Waals surface area (Å²) in [6.07, 6.45) is 4.41. The molecule has 0 heterocycles. The van der Waals surface area contributed by atoms with Crippen LogP contribution in [0.4, 0.5) is 11.4 Å². The van der Waals surface area contributed by atoms with E-state index in [9.17, 15) is 10.1 Å². The van der Waals surface area contributed by atoms with Crippen LogP contribution in [0.2, 0.25) is 5.02 Å². The monoisotopic (exact) mass is 270 g/mol. The number of nitrogens with one attached hydrogen (secondary N) is 1. The van der Waals surface area contributed by atoms with Crippen LogP contribution in [0.1, 0.15) is 39.5 Å². The number of halogens is 1. The summed E-state index contributed by atoms with van der Waals surface area (Å²) < 4.78 is 0. The van der Waals surface area contributed by atoms with Crippen LogP contribution in [-0.2, 0) is 0 Å². The Bertz CT molecular complexity index is 410. The molecule has 1 rings (SSSR count). The van der Waals surface area contributed by atoms with Crippen molar-refractivity contribution < 1.29 is 4.92 Å². The Labute approximate surface area is 112 Å². The fourth-order valence-corrected chi connectivity index (χ4v) is 2.01. The van der Waals surface area contributed by atoms with Crippen LogP contribution < -0.4 is 5.32 Å². The molecule has 1 N–H and O–H groups in total. The molecule has 0 saturated heterocycles. The van der Waals surface area contributed by atoms with Crippen molar-refractivity contribution in [2.24, 2.45) is 0 Å². The van der Waals surface area contributed by atoms with Gasteiger partial charge in [-0.2, -0.15) is 0 Å². The number of non-ortho nitro benzene ring substituents is 1. The first-order valence-electron chi connectivity index (χ1n) is 6.29. The molecular formula is C13H19ClN2O2. The molecule has 0 spiro atoms. The van der Waals surface area contributed by atoms with E-state index in [0.29, 0.717) is 11.1 Å². The zero-order chi connectivity index (χ0) is 13.5. The summed E-state index contributed by atoms with van der Waals surface area (Å²) >= 11 is 6.04. The minimum Gasteiger partial charge on any atom is -0.381 e. The van der Waals surface area contributed by atoms with Crippen molar-refractivity contribution in [3.05, 3.63) is 33.3 Å². The van der Waals surface area contributed by atoms with Gasteiger partial charge in [-0.3, -0.25) is 10.1 Å². The number of anilines is 1. The van der Waals surface area contributed by atoms with Crippen molar-refractivity contribution in [2.75, 3.05) is 5.32 Å². The Morgan fingerprint density at radius 2 is 2.17 bits per heavy atom. The average Bonchev–Trinajstić information content (AvgIpc) is 2.35. The van der Waals surface area contributed by atoms with E-state index in [4.69, 9.17) is 11.6 Å². The van der Waals surface area contributed by atoms with Gasteiger partial charge in [-0.1, -0.05) is 38.3 Å². The van der Waals surface area contributed by atoms with Gasteiger partial charge < -0.3 is 5.32 Å². The number of hydrogen-bond donors (Lipinski definition) is 1. The smallest absolute Gasteiger partial charge is 0.271 e. The quantitative estimate of drug-likeness (QED) is 0.580. The second-order valence-corrected chi connectivity index (χ2v) is 4.72. The molecule has 1 unspecified atom stereocenters. The number of nitro groups is 1. The first-order chi connectivity index (χ1) is 8.58. The molecule has 18 heavy (non-hydrogen) atoms. The number of rotatable bonds is 7. The van der Waals surface area contributed by atoms with Crippen molar-refractivity contribution in [2.45, 2.75) is 45.6 Å². The SMILES string of the molecule is CCCCC(CC)Nc1ccc([N+](=O)[O-])cc1Cl. The zero-order valence-electron chi connectivity index (χ0n) is 10.8. The fraction of sp³-hybridized carbons (Fsp3) is 0.538. The highest BCUT2D eigenvalue weighted by molar-refractivity contribution is 6.33. The van der Waals surface area contributed by atoms with E-state index in [1.54, 1.807) is 6.07 Å². The summed E-state index contributed by atoms with van der Waals surface area (Å²) in [7, 11) is 0. The Hall–Kier alpha value is -1.29. The zero-order valence-corrected chi connectivity index (χ0v) is 11.5. The topological polar surface area (TPSA) is 55.2 Å². The van der Waals surface area contributed by atoms with Gasteiger partial charge in [0.2, 0.25) is 0 Å². The molecular weight excluding hydrogens is 252 g/mol. The Morgan fingerprint density at radius 1 is 1.44 bits per heavy atom. The average molecular weight is 271 g/mol. The lowest BCUT2D eigenvalue weighted by Crippen LogP contribution is -2.18. The molecule has 1 atom stereocenters. The van der Waals surface area contributed by atoms with Gasteiger partial charge in [-0.15, -0.1) is 0 Å². The third kappa shape index (κ3) is 4.18. The number of nitro benzene ring substituents is 1. The maximum Gasteiger partial charge on any atom is 0.271 e. The van der Waals surface area contributed by atoms with E-state index < -0.39 is 4.92 Å².